The Morgan fingerprint density at radius 3 is 2.60 bits per heavy atom. The minimum absolute atomic E-state index is 0. The quantitative estimate of drug-likeness (QED) is 0.329. The fraction of sp³-hybridized carbons (Fsp3) is 0.333. The third-order valence-electron chi connectivity index (χ3n) is 3.42. The summed E-state index contributed by atoms with van der Waals surface area (Å²) in [6.07, 6.45) is 0.930. The maximum atomic E-state index is 12.0. The zero-order valence-electron chi connectivity index (χ0n) is 14.5. The molecule has 0 aliphatic rings. The van der Waals surface area contributed by atoms with Gasteiger partial charge >= 0.3 is 0 Å². The first-order chi connectivity index (χ1) is 11.7. The third-order valence-corrected chi connectivity index (χ3v) is 4.29. The van der Waals surface area contributed by atoms with E-state index in [9.17, 15) is 4.79 Å². The Labute approximate surface area is 170 Å². The van der Waals surface area contributed by atoms with Gasteiger partial charge in [0.25, 0.3) is 5.91 Å². The second kappa shape index (κ2) is 11.9. The van der Waals surface area contributed by atoms with E-state index in [1.165, 1.54) is 4.88 Å². The molecule has 0 radical (unpaired) electrons. The summed E-state index contributed by atoms with van der Waals surface area (Å²) >= 11 is 1.71. The van der Waals surface area contributed by atoms with Crippen LogP contribution in [0.15, 0.2) is 46.8 Å². The van der Waals surface area contributed by atoms with Gasteiger partial charge in [0.1, 0.15) is 0 Å². The van der Waals surface area contributed by atoms with Crippen molar-refractivity contribution < 1.29 is 4.79 Å². The van der Waals surface area contributed by atoms with E-state index in [2.05, 4.69) is 32.4 Å². The molecule has 5 nitrogen and oxygen atoms in total. The Morgan fingerprint density at radius 1 is 1.12 bits per heavy atom. The number of rotatable bonds is 7. The summed E-state index contributed by atoms with van der Waals surface area (Å²) < 4.78 is 0. The van der Waals surface area contributed by atoms with Crippen LogP contribution < -0.4 is 16.0 Å². The van der Waals surface area contributed by atoms with Crippen LogP contribution in [0.3, 0.4) is 0 Å². The first kappa shape index (κ1) is 21.4. The van der Waals surface area contributed by atoms with Gasteiger partial charge in [0.05, 0.1) is 6.54 Å². The summed E-state index contributed by atoms with van der Waals surface area (Å²) in [5, 5.41) is 11.5. The van der Waals surface area contributed by atoms with E-state index in [1.54, 1.807) is 18.4 Å². The van der Waals surface area contributed by atoms with Gasteiger partial charge in [-0.15, -0.1) is 35.3 Å². The van der Waals surface area contributed by atoms with E-state index in [1.807, 2.05) is 37.3 Å². The lowest BCUT2D eigenvalue weighted by Crippen LogP contribution is -2.36. The molecule has 2 rings (SSSR count). The number of carbonyl (C=O) groups excluding carboxylic acids is 1. The van der Waals surface area contributed by atoms with Gasteiger partial charge in [-0.3, -0.25) is 9.79 Å². The van der Waals surface area contributed by atoms with Crippen molar-refractivity contribution in [3.05, 3.63) is 57.8 Å². The molecule has 1 aromatic heterocycles. The van der Waals surface area contributed by atoms with Gasteiger partial charge in [-0.2, -0.15) is 0 Å². The fourth-order valence-corrected chi connectivity index (χ4v) is 2.80. The predicted molar refractivity (Wildman–Crippen MR) is 116 cm³/mol. The molecule has 1 heterocycles. The maximum Gasteiger partial charge on any atom is 0.251 e. The second-order valence-electron chi connectivity index (χ2n) is 5.31. The van der Waals surface area contributed by atoms with E-state index < -0.39 is 0 Å². The summed E-state index contributed by atoms with van der Waals surface area (Å²) in [5.74, 6) is 0.711. The van der Waals surface area contributed by atoms with Crippen molar-refractivity contribution >= 4 is 47.2 Å². The van der Waals surface area contributed by atoms with Crippen LogP contribution in [-0.2, 0) is 13.1 Å². The summed E-state index contributed by atoms with van der Waals surface area (Å²) in [5.41, 5.74) is 1.72. The number of carbonyl (C=O) groups is 1. The lowest BCUT2D eigenvalue weighted by atomic mass is 10.1. The smallest absolute Gasteiger partial charge is 0.251 e. The zero-order chi connectivity index (χ0) is 17.2. The molecule has 0 spiro atoms. The Kier molecular flexibility index (Phi) is 10.2. The molecule has 0 unspecified atom stereocenters. The van der Waals surface area contributed by atoms with Gasteiger partial charge < -0.3 is 16.0 Å². The molecule has 0 saturated carbocycles. The average molecular weight is 472 g/mol. The molecular weight excluding hydrogens is 447 g/mol. The Hall–Kier alpha value is -1.61. The molecule has 0 bridgehead atoms. The lowest BCUT2D eigenvalue weighted by molar-refractivity contribution is 0.0953. The van der Waals surface area contributed by atoms with Crippen LogP contribution in [0.25, 0.3) is 0 Å². The third kappa shape index (κ3) is 7.43. The molecule has 0 saturated heterocycles. The molecule has 0 aliphatic carbocycles. The van der Waals surface area contributed by atoms with Crippen LogP contribution in [-0.4, -0.2) is 25.5 Å². The number of hydrogen-bond donors (Lipinski definition) is 3. The number of halogens is 1. The highest BCUT2D eigenvalue weighted by molar-refractivity contribution is 14.0. The molecule has 3 N–H and O–H groups in total. The number of thiophene rings is 1. The minimum Gasteiger partial charge on any atom is -0.352 e. The van der Waals surface area contributed by atoms with Crippen LogP contribution in [0.1, 0.15) is 34.1 Å². The molecule has 1 aromatic carbocycles. The summed E-state index contributed by atoms with van der Waals surface area (Å²) in [6.45, 7) is 4.09. The molecule has 0 fully saturated rings. The number of nitrogens with one attached hydrogen (secondary N) is 3. The Balaban J connectivity index is 0.00000312. The number of aliphatic imine (C=N–C) groups is 1. The van der Waals surface area contributed by atoms with Gasteiger partial charge in [-0.1, -0.05) is 25.1 Å². The van der Waals surface area contributed by atoms with E-state index in [-0.39, 0.29) is 29.9 Å². The molecule has 0 aliphatic heterocycles. The van der Waals surface area contributed by atoms with Crippen molar-refractivity contribution in [2.45, 2.75) is 26.4 Å². The molecule has 25 heavy (non-hydrogen) atoms. The first-order valence-electron chi connectivity index (χ1n) is 8.07. The number of amides is 1. The molecule has 0 atom stereocenters. The Bertz CT molecular complexity index is 673. The van der Waals surface area contributed by atoms with Gasteiger partial charge in [-0.25, -0.2) is 0 Å². The molecular formula is C18H25IN4OS. The number of nitrogens with zero attached hydrogens (tertiary/aromatic N) is 1. The maximum absolute atomic E-state index is 12.0. The highest BCUT2D eigenvalue weighted by Gasteiger charge is 2.06. The van der Waals surface area contributed by atoms with Gasteiger partial charge in [0.2, 0.25) is 0 Å². The minimum atomic E-state index is -0.0288. The van der Waals surface area contributed by atoms with Crippen LogP contribution >= 0.6 is 35.3 Å². The van der Waals surface area contributed by atoms with Crippen LogP contribution in [0.5, 0.6) is 0 Å². The highest BCUT2D eigenvalue weighted by atomic mass is 127. The highest BCUT2D eigenvalue weighted by Crippen LogP contribution is 2.08. The van der Waals surface area contributed by atoms with Gasteiger partial charge in [0.15, 0.2) is 5.96 Å². The predicted octanol–water partition coefficient (Wildman–Crippen LogP) is 3.37. The van der Waals surface area contributed by atoms with Crippen LogP contribution in [0.4, 0.5) is 0 Å². The first-order valence-corrected chi connectivity index (χ1v) is 8.95. The lowest BCUT2D eigenvalue weighted by Gasteiger charge is -2.12. The van der Waals surface area contributed by atoms with Crippen LogP contribution in [0, 0.1) is 0 Å². The van der Waals surface area contributed by atoms with Crippen LogP contribution in [0.2, 0.25) is 0 Å². The van der Waals surface area contributed by atoms with Crippen molar-refractivity contribution in [1.82, 2.24) is 16.0 Å². The second-order valence-corrected chi connectivity index (χ2v) is 6.35. The number of benzene rings is 1. The topological polar surface area (TPSA) is 65.5 Å². The van der Waals surface area contributed by atoms with Gasteiger partial charge in [-0.05, 0) is 35.6 Å². The fourth-order valence-electron chi connectivity index (χ4n) is 2.15. The van der Waals surface area contributed by atoms with Gasteiger partial charge in [0, 0.05) is 30.6 Å². The van der Waals surface area contributed by atoms with E-state index in [0.29, 0.717) is 18.7 Å². The van der Waals surface area contributed by atoms with Crippen molar-refractivity contribution in [3.63, 3.8) is 0 Å². The largest absolute Gasteiger partial charge is 0.352 e. The molecule has 1 amide bonds. The van der Waals surface area contributed by atoms with Crippen molar-refractivity contribution in [2.75, 3.05) is 13.6 Å². The van der Waals surface area contributed by atoms with Crippen molar-refractivity contribution in [1.29, 1.82) is 0 Å². The standard InChI is InChI=1S/C18H24N4OS.HI/c1-3-9-20-17(23)15-7-4-6-14(11-15)12-21-18(19-2)22-13-16-8-5-10-24-16;/h4-8,10-11H,3,9,12-13H2,1-2H3,(H,20,23)(H2,19,21,22);1H. The molecule has 7 heteroatoms. The molecule has 136 valence electrons. The zero-order valence-corrected chi connectivity index (χ0v) is 17.7. The van der Waals surface area contributed by atoms with E-state index >= 15 is 0 Å². The SMILES string of the molecule is CCCNC(=O)c1cccc(CNC(=NC)NCc2cccs2)c1.I. The normalized spacial score (nSPS) is 10.7. The molecule has 2 aromatic rings. The summed E-state index contributed by atoms with van der Waals surface area (Å²) in [6, 6.07) is 11.8. The number of hydrogen-bond acceptors (Lipinski definition) is 3. The monoisotopic (exact) mass is 472 g/mol. The summed E-state index contributed by atoms with van der Waals surface area (Å²) in [4.78, 5) is 17.5. The van der Waals surface area contributed by atoms with E-state index in [4.69, 9.17) is 0 Å². The van der Waals surface area contributed by atoms with Crippen molar-refractivity contribution in [3.8, 4) is 0 Å². The van der Waals surface area contributed by atoms with E-state index in [0.717, 1.165) is 24.5 Å². The number of guanidine groups is 1. The Morgan fingerprint density at radius 2 is 1.92 bits per heavy atom. The summed E-state index contributed by atoms with van der Waals surface area (Å²) in [7, 11) is 1.75. The average Bonchev–Trinajstić information content (AvgIpc) is 3.13. The van der Waals surface area contributed by atoms with Crippen molar-refractivity contribution in [2.24, 2.45) is 4.99 Å².